The number of nitro benzene ring substituents is 1. The van der Waals surface area contributed by atoms with E-state index in [2.05, 4.69) is 0 Å². The van der Waals surface area contributed by atoms with Crippen LogP contribution in [0.1, 0.15) is 25.3 Å². The van der Waals surface area contributed by atoms with Gasteiger partial charge in [0, 0.05) is 12.1 Å². The van der Waals surface area contributed by atoms with Crippen molar-refractivity contribution >= 4 is 5.69 Å². The molecule has 2 N–H and O–H groups in total. The van der Waals surface area contributed by atoms with Crippen LogP contribution in [0.5, 0.6) is 5.75 Å². The van der Waals surface area contributed by atoms with Crippen molar-refractivity contribution in [2.75, 3.05) is 7.11 Å². The number of hydrogen-bond donors (Lipinski definition) is 1. The molecule has 0 amide bonds. The van der Waals surface area contributed by atoms with Gasteiger partial charge < -0.3 is 10.5 Å². The van der Waals surface area contributed by atoms with Gasteiger partial charge in [-0.25, -0.2) is 0 Å². The van der Waals surface area contributed by atoms with Crippen molar-refractivity contribution in [3.8, 4) is 5.75 Å². The summed E-state index contributed by atoms with van der Waals surface area (Å²) in [4.78, 5) is 10.3. The number of hydrogen-bond acceptors (Lipinski definition) is 4. The lowest BCUT2D eigenvalue weighted by molar-refractivity contribution is -0.385. The molecule has 0 radical (unpaired) electrons. The van der Waals surface area contributed by atoms with Gasteiger partial charge in [0.05, 0.1) is 18.1 Å². The van der Waals surface area contributed by atoms with Crippen LogP contribution in [0.3, 0.4) is 0 Å². The number of benzene rings is 1. The summed E-state index contributed by atoms with van der Waals surface area (Å²) in [6.07, 6.45) is 2.46. The second-order valence-electron chi connectivity index (χ2n) is 4.00. The molecule has 0 aliphatic heterocycles. The molecule has 0 saturated heterocycles. The minimum absolute atomic E-state index is 0.0596. The molecule has 1 unspecified atom stereocenters. The predicted octanol–water partition coefficient (Wildman–Crippen LogP) is 2.27. The monoisotopic (exact) mass is 238 g/mol. The Hall–Kier alpha value is -1.62. The SMILES string of the molecule is CCC(N)CCc1cc(OC)cc([N+](=O)[O-])c1. The predicted molar refractivity (Wildman–Crippen MR) is 66.2 cm³/mol. The summed E-state index contributed by atoms with van der Waals surface area (Å²) in [5.41, 5.74) is 6.77. The van der Waals surface area contributed by atoms with Crippen LogP contribution in [0.15, 0.2) is 18.2 Å². The number of nitrogens with two attached hydrogens (primary N) is 1. The smallest absolute Gasteiger partial charge is 0.273 e. The minimum atomic E-state index is -0.411. The molecule has 0 aliphatic carbocycles. The quantitative estimate of drug-likeness (QED) is 0.609. The van der Waals surface area contributed by atoms with Crippen LogP contribution in [0.25, 0.3) is 0 Å². The fourth-order valence-electron chi connectivity index (χ4n) is 1.57. The molecule has 0 aromatic heterocycles. The molecular weight excluding hydrogens is 220 g/mol. The van der Waals surface area contributed by atoms with Crippen molar-refractivity contribution in [1.82, 2.24) is 0 Å². The van der Waals surface area contributed by atoms with E-state index in [0.29, 0.717) is 5.75 Å². The van der Waals surface area contributed by atoms with Crippen molar-refractivity contribution in [3.05, 3.63) is 33.9 Å². The number of nitrogens with zero attached hydrogens (tertiary/aromatic N) is 1. The standard InChI is InChI=1S/C12H18N2O3/c1-3-10(13)5-4-9-6-11(14(15)16)8-12(7-9)17-2/h6-8,10H,3-5,13H2,1-2H3. The first-order valence-electron chi connectivity index (χ1n) is 5.64. The van der Waals surface area contributed by atoms with Crippen molar-refractivity contribution < 1.29 is 9.66 Å². The molecule has 0 aliphatic rings. The summed E-state index contributed by atoms with van der Waals surface area (Å²) in [6.45, 7) is 2.03. The molecule has 5 heteroatoms. The van der Waals surface area contributed by atoms with Gasteiger partial charge in [0.15, 0.2) is 0 Å². The number of ether oxygens (including phenoxy) is 1. The maximum absolute atomic E-state index is 10.7. The van der Waals surface area contributed by atoms with Gasteiger partial charge in [-0.2, -0.15) is 0 Å². The summed E-state index contributed by atoms with van der Waals surface area (Å²) >= 11 is 0. The Labute approximate surface area is 101 Å². The van der Waals surface area contributed by atoms with Gasteiger partial charge in [0.2, 0.25) is 0 Å². The normalized spacial score (nSPS) is 12.2. The lowest BCUT2D eigenvalue weighted by Crippen LogP contribution is -2.19. The lowest BCUT2D eigenvalue weighted by atomic mass is 10.0. The minimum Gasteiger partial charge on any atom is -0.496 e. The second kappa shape index (κ2) is 6.20. The third kappa shape index (κ3) is 4.03. The van der Waals surface area contributed by atoms with Crippen LogP contribution in [-0.4, -0.2) is 18.1 Å². The molecule has 0 fully saturated rings. The van der Waals surface area contributed by atoms with E-state index >= 15 is 0 Å². The number of rotatable bonds is 6. The van der Waals surface area contributed by atoms with Gasteiger partial charge in [0.25, 0.3) is 5.69 Å². The van der Waals surface area contributed by atoms with Gasteiger partial charge in [0.1, 0.15) is 5.75 Å². The molecule has 1 aromatic carbocycles. The van der Waals surface area contributed by atoms with E-state index in [9.17, 15) is 10.1 Å². The molecule has 0 bridgehead atoms. The van der Waals surface area contributed by atoms with Crippen LogP contribution < -0.4 is 10.5 Å². The first-order valence-corrected chi connectivity index (χ1v) is 5.64. The summed E-state index contributed by atoms with van der Waals surface area (Å²) in [5.74, 6) is 0.513. The van der Waals surface area contributed by atoms with E-state index < -0.39 is 4.92 Å². The average Bonchev–Trinajstić information content (AvgIpc) is 2.35. The Kier molecular flexibility index (Phi) is 4.90. The number of aryl methyl sites for hydroxylation is 1. The average molecular weight is 238 g/mol. The summed E-state index contributed by atoms with van der Waals surface area (Å²) < 4.78 is 5.04. The molecular formula is C12H18N2O3. The summed E-state index contributed by atoms with van der Waals surface area (Å²) in [6, 6.07) is 4.95. The summed E-state index contributed by atoms with van der Waals surface area (Å²) in [7, 11) is 1.50. The third-order valence-corrected chi connectivity index (χ3v) is 2.73. The van der Waals surface area contributed by atoms with E-state index in [1.165, 1.54) is 13.2 Å². The molecule has 0 saturated carbocycles. The molecule has 94 valence electrons. The highest BCUT2D eigenvalue weighted by Crippen LogP contribution is 2.23. The number of nitro groups is 1. The first-order chi connectivity index (χ1) is 8.06. The summed E-state index contributed by atoms with van der Waals surface area (Å²) in [5, 5.41) is 10.7. The molecule has 0 heterocycles. The highest BCUT2D eigenvalue weighted by atomic mass is 16.6. The zero-order valence-electron chi connectivity index (χ0n) is 10.2. The van der Waals surface area contributed by atoms with E-state index in [-0.39, 0.29) is 11.7 Å². The van der Waals surface area contributed by atoms with Crippen LogP contribution in [-0.2, 0) is 6.42 Å². The Balaban J connectivity index is 2.83. The Morgan fingerprint density at radius 1 is 1.47 bits per heavy atom. The molecule has 0 spiro atoms. The maximum Gasteiger partial charge on any atom is 0.273 e. The maximum atomic E-state index is 10.7. The highest BCUT2D eigenvalue weighted by Gasteiger charge is 2.10. The first kappa shape index (κ1) is 13.4. The topological polar surface area (TPSA) is 78.4 Å². The van der Waals surface area contributed by atoms with Gasteiger partial charge in [-0.3, -0.25) is 10.1 Å². The molecule has 17 heavy (non-hydrogen) atoms. The Morgan fingerprint density at radius 2 is 2.18 bits per heavy atom. The zero-order valence-corrected chi connectivity index (χ0v) is 10.2. The molecule has 1 aromatic rings. The Bertz CT molecular complexity index is 393. The van der Waals surface area contributed by atoms with Crippen LogP contribution >= 0.6 is 0 Å². The third-order valence-electron chi connectivity index (χ3n) is 2.73. The lowest BCUT2D eigenvalue weighted by Gasteiger charge is -2.09. The zero-order chi connectivity index (χ0) is 12.8. The van der Waals surface area contributed by atoms with E-state index in [1.54, 1.807) is 6.07 Å². The largest absolute Gasteiger partial charge is 0.496 e. The van der Waals surface area contributed by atoms with E-state index in [0.717, 1.165) is 24.8 Å². The molecule has 1 atom stereocenters. The van der Waals surface area contributed by atoms with Gasteiger partial charge in [-0.1, -0.05) is 6.92 Å². The van der Waals surface area contributed by atoms with E-state index in [1.807, 2.05) is 13.0 Å². The van der Waals surface area contributed by atoms with Gasteiger partial charge in [-0.05, 0) is 30.9 Å². The van der Waals surface area contributed by atoms with Gasteiger partial charge >= 0.3 is 0 Å². The van der Waals surface area contributed by atoms with Crippen molar-refractivity contribution in [2.45, 2.75) is 32.2 Å². The van der Waals surface area contributed by atoms with Crippen molar-refractivity contribution in [2.24, 2.45) is 5.73 Å². The van der Waals surface area contributed by atoms with E-state index in [4.69, 9.17) is 10.5 Å². The van der Waals surface area contributed by atoms with Gasteiger partial charge in [-0.15, -0.1) is 0 Å². The molecule has 5 nitrogen and oxygen atoms in total. The second-order valence-corrected chi connectivity index (χ2v) is 4.00. The van der Waals surface area contributed by atoms with Crippen molar-refractivity contribution in [1.29, 1.82) is 0 Å². The fraction of sp³-hybridized carbons (Fsp3) is 0.500. The van der Waals surface area contributed by atoms with Crippen LogP contribution in [0.4, 0.5) is 5.69 Å². The molecule has 1 rings (SSSR count). The van der Waals surface area contributed by atoms with Crippen LogP contribution in [0, 0.1) is 10.1 Å². The number of non-ortho nitro benzene ring substituents is 1. The number of methoxy groups -OCH3 is 1. The highest BCUT2D eigenvalue weighted by molar-refractivity contribution is 5.42. The van der Waals surface area contributed by atoms with Crippen LogP contribution in [0.2, 0.25) is 0 Å². The fourth-order valence-corrected chi connectivity index (χ4v) is 1.57. The van der Waals surface area contributed by atoms with Crippen molar-refractivity contribution in [3.63, 3.8) is 0 Å². The Morgan fingerprint density at radius 3 is 2.71 bits per heavy atom.